The number of aliphatic hydroxyl groups is 1. The number of β-amino-alcohol motifs (C(OH)–C–C–N with tert-alkyl or cyclic N) is 1. The molecule has 3 rings (SSSR count). The Morgan fingerprint density at radius 2 is 1.81 bits per heavy atom. The van der Waals surface area contributed by atoms with E-state index < -0.39 is 53.7 Å². The van der Waals surface area contributed by atoms with Crippen LogP contribution in [0.4, 0.5) is 0 Å². The highest BCUT2D eigenvalue weighted by Gasteiger charge is 2.44. The van der Waals surface area contributed by atoms with E-state index in [1.807, 2.05) is 38.1 Å². The molecule has 200 valence electrons. The quantitative estimate of drug-likeness (QED) is 0.383. The molecule has 0 spiro atoms. The van der Waals surface area contributed by atoms with E-state index in [-0.39, 0.29) is 19.0 Å². The Balaban J connectivity index is 1.72. The maximum Gasteiger partial charge on any atom is 0.312 e. The van der Waals surface area contributed by atoms with E-state index in [1.165, 1.54) is 4.90 Å². The minimum atomic E-state index is -1.31. The molecule has 0 radical (unpaired) electrons. The predicted octanol–water partition coefficient (Wildman–Crippen LogP) is 2.26. The van der Waals surface area contributed by atoms with Crippen LogP contribution >= 0.6 is 11.3 Å². The zero-order valence-corrected chi connectivity index (χ0v) is 22.5. The maximum absolute atomic E-state index is 13.5. The number of aromatic nitrogens is 1. The summed E-state index contributed by atoms with van der Waals surface area (Å²) in [7, 11) is 0. The molecule has 2 heterocycles. The van der Waals surface area contributed by atoms with E-state index >= 15 is 0 Å². The first-order chi connectivity index (χ1) is 17.3. The second kappa shape index (κ2) is 11.4. The number of nitrogens with one attached hydrogen (secondary N) is 2. The molecule has 0 aliphatic carbocycles. The average molecular weight is 531 g/mol. The van der Waals surface area contributed by atoms with E-state index in [4.69, 9.17) is 5.11 Å². The van der Waals surface area contributed by atoms with Crippen molar-refractivity contribution in [2.75, 3.05) is 6.54 Å². The summed E-state index contributed by atoms with van der Waals surface area (Å²) in [5.74, 6) is -3.06. The van der Waals surface area contributed by atoms with E-state index in [1.54, 1.807) is 37.6 Å². The summed E-state index contributed by atoms with van der Waals surface area (Å²) < 4.78 is 0. The van der Waals surface area contributed by atoms with E-state index in [0.717, 1.165) is 21.7 Å². The van der Waals surface area contributed by atoms with E-state index in [9.17, 15) is 24.3 Å². The molecule has 11 heteroatoms. The van der Waals surface area contributed by atoms with Gasteiger partial charge in [-0.15, -0.1) is 11.3 Å². The van der Waals surface area contributed by atoms with Gasteiger partial charge in [0, 0.05) is 13.0 Å². The average Bonchev–Trinajstić information content (AvgIpc) is 3.41. The van der Waals surface area contributed by atoms with E-state index in [0.29, 0.717) is 0 Å². The number of aliphatic carboxylic acids is 1. The van der Waals surface area contributed by atoms with Crippen LogP contribution in [0.15, 0.2) is 29.8 Å². The molecular weight excluding hydrogens is 496 g/mol. The number of carbonyl (C=O) groups excluding carboxylic acids is 3. The molecule has 0 saturated carbocycles. The predicted molar refractivity (Wildman–Crippen MR) is 139 cm³/mol. The van der Waals surface area contributed by atoms with Gasteiger partial charge in [0.25, 0.3) is 0 Å². The molecule has 1 saturated heterocycles. The Morgan fingerprint density at radius 3 is 2.35 bits per heavy atom. The highest BCUT2D eigenvalue weighted by molar-refractivity contribution is 7.13. The number of carbonyl (C=O) groups is 4. The lowest BCUT2D eigenvalue weighted by Crippen LogP contribution is -2.58. The summed E-state index contributed by atoms with van der Waals surface area (Å²) in [6.45, 7) is 8.93. The molecule has 2 aromatic rings. The largest absolute Gasteiger partial charge is 0.481 e. The molecule has 1 aliphatic heterocycles. The number of amides is 3. The van der Waals surface area contributed by atoms with Crippen LogP contribution in [0, 0.1) is 12.3 Å². The summed E-state index contributed by atoms with van der Waals surface area (Å²) in [6.07, 6.45) is -1.61. The van der Waals surface area contributed by atoms with Crippen molar-refractivity contribution in [1.29, 1.82) is 0 Å². The molecule has 4 unspecified atom stereocenters. The zero-order chi connectivity index (χ0) is 27.5. The molecule has 4 atom stereocenters. The first-order valence-electron chi connectivity index (χ1n) is 12.1. The van der Waals surface area contributed by atoms with Gasteiger partial charge in [0.15, 0.2) is 0 Å². The molecule has 1 aliphatic rings. The van der Waals surface area contributed by atoms with Gasteiger partial charge in [0.1, 0.15) is 18.5 Å². The first kappa shape index (κ1) is 28.3. The van der Waals surface area contributed by atoms with Gasteiger partial charge in [0.2, 0.25) is 17.7 Å². The van der Waals surface area contributed by atoms with Crippen molar-refractivity contribution < 1.29 is 29.4 Å². The summed E-state index contributed by atoms with van der Waals surface area (Å²) >= 11 is 1.56. The van der Waals surface area contributed by atoms with Gasteiger partial charge in [-0.1, -0.05) is 45.0 Å². The number of rotatable bonds is 8. The van der Waals surface area contributed by atoms with Crippen LogP contribution < -0.4 is 10.6 Å². The topological polar surface area (TPSA) is 149 Å². The van der Waals surface area contributed by atoms with Crippen LogP contribution in [-0.4, -0.2) is 68.5 Å². The highest BCUT2D eigenvalue weighted by atomic mass is 32.1. The van der Waals surface area contributed by atoms with Gasteiger partial charge >= 0.3 is 5.97 Å². The second-order valence-corrected chi connectivity index (χ2v) is 11.3. The molecule has 37 heavy (non-hydrogen) atoms. The Bertz CT molecular complexity index is 1160. The van der Waals surface area contributed by atoms with Crippen molar-refractivity contribution >= 4 is 35.0 Å². The van der Waals surface area contributed by atoms with Crippen LogP contribution in [-0.2, 0) is 19.2 Å². The standard InChI is InChI=1S/C26H34N4O6S/c1-14(16-6-8-17(9-7-16)22-15(2)27-13-37-22)28-24(35)19-10-18(31)12-30(19)25(36)23(26(3,4)5)29-20(32)11-21(33)34/h6-9,13-14,18-19,23,31H,10-12H2,1-5H3,(H,28,35)(H,29,32)(H,33,34). The fourth-order valence-electron chi connectivity index (χ4n) is 4.36. The minimum absolute atomic E-state index is 0.0599. The van der Waals surface area contributed by atoms with Crippen LogP contribution in [0.1, 0.15) is 57.8 Å². The Morgan fingerprint density at radius 1 is 1.16 bits per heavy atom. The molecular formula is C26H34N4O6S. The fourth-order valence-corrected chi connectivity index (χ4v) is 5.18. The smallest absolute Gasteiger partial charge is 0.312 e. The number of aliphatic hydroxyl groups excluding tert-OH is 1. The fraction of sp³-hybridized carbons (Fsp3) is 0.500. The van der Waals surface area contributed by atoms with Gasteiger partial charge in [-0.2, -0.15) is 0 Å². The Hall–Kier alpha value is -3.31. The highest BCUT2D eigenvalue weighted by Crippen LogP contribution is 2.29. The van der Waals surface area contributed by atoms with Crippen LogP contribution in [0.5, 0.6) is 0 Å². The van der Waals surface area contributed by atoms with Gasteiger partial charge in [0.05, 0.1) is 28.2 Å². The molecule has 1 aromatic heterocycles. The molecule has 1 aromatic carbocycles. The van der Waals surface area contributed by atoms with Crippen LogP contribution in [0.2, 0.25) is 0 Å². The van der Waals surface area contributed by atoms with Crippen molar-refractivity contribution in [1.82, 2.24) is 20.5 Å². The number of likely N-dealkylation sites (tertiary alicyclic amines) is 1. The molecule has 3 amide bonds. The number of carboxylic acid groups (broad SMARTS) is 1. The van der Waals surface area contributed by atoms with Crippen molar-refractivity contribution in [2.45, 2.75) is 71.7 Å². The van der Waals surface area contributed by atoms with Crippen molar-refractivity contribution in [3.63, 3.8) is 0 Å². The summed E-state index contributed by atoms with van der Waals surface area (Å²) in [6, 6.07) is 5.46. The zero-order valence-electron chi connectivity index (χ0n) is 21.6. The monoisotopic (exact) mass is 530 g/mol. The third kappa shape index (κ3) is 6.92. The van der Waals surface area contributed by atoms with Crippen molar-refractivity contribution in [2.24, 2.45) is 5.41 Å². The lowest BCUT2D eigenvalue weighted by molar-refractivity contribution is -0.146. The Kier molecular flexibility index (Phi) is 8.70. The molecule has 0 bridgehead atoms. The lowest BCUT2D eigenvalue weighted by atomic mass is 9.85. The first-order valence-corrected chi connectivity index (χ1v) is 13.0. The number of hydrogen-bond donors (Lipinski definition) is 4. The van der Waals surface area contributed by atoms with Crippen LogP contribution in [0.25, 0.3) is 10.4 Å². The molecule has 10 nitrogen and oxygen atoms in total. The van der Waals surface area contributed by atoms with Gasteiger partial charge in [-0.05, 0) is 30.4 Å². The number of aryl methyl sites for hydroxylation is 1. The second-order valence-electron chi connectivity index (χ2n) is 10.5. The third-order valence-corrected chi connectivity index (χ3v) is 7.35. The summed E-state index contributed by atoms with van der Waals surface area (Å²) in [5, 5.41) is 24.6. The Labute approximate surface area is 220 Å². The van der Waals surface area contributed by atoms with E-state index in [2.05, 4.69) is 15.6 Å². The summed E-state index contributed by atoms with van der Waals surface area (Å²) in [4.78, 5) is 56.4. The lowest BCUT2D eigenvalue weighted by Gasteiger charge is -2.35. The van der Waals surface area contributed by atoms with Gasteiger partial charge < -0.3 is 25.7 Å². The van der Waals surface area contributed by atoms with Crippen molar-refractivity contribution in [3.8, 4) is 10.4 Å². The number of nitrogens with zero attached hydrogens (tertiary/aromatic N) is 2. The van der Waals surface area contributed by atoms with Crippen LogP contribution in [0.3, 0.4) is 0 Å². The maximum atomic E-state index is 13.5. The van der Waals surface area contributed by atoms with Gasteiger partial charge in [-0.3, -0.25) is 19.2 Å². The van der Waals surface area contributed by atoms with Crippen molar-refractivity contribution in [3.05, 3.63) is 41.0 Å². The van der Waals surface area contributed by atoms with Gasteiger partial charge in [-0.25, -0.2) is 4.98 Å². The number of thiazole rings is 1. The number of benzene rings is 1. The summed E-state index contributed by atoms with van der Waals surface area (Å²) in [5.41, 5.74) is 3.91. The minimum Gasteiger partial charge on any atom is -0.481 e. The SMILES string of the molecule is Cc1ncsc1-c1ccc(C(C)NC(=O)C2CC(O)CN2C(=O)C(NC(=O)CC(=O)O)C(C)(C)C)cc1. The molecule has 4 N–H and O–H groups in total. The normalized spacial score (nSPS) is 19.2. The third-order valence-electron chi connectivity index (χ3n) is 6.37. The number of carboxylic acids is 1. The number of hydrogen-bond acceptors (Lipinski definition) is 7. The molecule has 1 fully saturated rings.